The maximum absolute atomic E-state index is 13.6. The number of aliphatic hydroxyl groups excluding tert-OH is 2. The molecule has 0 radical (unpaired) electrons. The number of aliphatic hydroxyl groups is 3. The minimum Gasteiger partial charge on any atom is -0.496 e. The first-order valence-electron chi connectivity index (χ1n) is 19.1. The van der Waals surface area contributed by atoms with E-state index >= 15 is 0 Å². The van der Waals surface area contributed by atoms with Gasteiger partial charge in [-0.15, -0.1) is 22.7 Å². The Labute approximate surface area is 335 Å². The molecule has 4 unspecified atom stereocenters. The average Bonchev–Trinajstić information content (AvgIpc) is 3.92. The molecule has 1 aromatic carbocycles. The summed E-state index contributed by atoms with van der Waals surface area (Å²) in [4.78, 5) is 41.8. The zero-order chi connectivity index (χ0) is 39.3. The summed E-state index contributed by atoms with van der Waals surface area (Å²) in [7, 11) is 3.55. The van der Waals surface area contributed by atoms with Crippen molar-refractivity contribution in [1.29, 1.82) is 0 Å². The monoisotopic (exact) mass is 816 g/mol. The molecule has 55 heavy (non-hydrogen) atoms. The van der Waals surface area contributed by atoms with E-state index in [1.54, 1.807) is 31.4 Å². The Morgan fingerprint density at radius 2 is 1.80 bits per heavy atom. The maximum atomic E-state index is 13.6. The smallest absolute Gasteiger partial charge is 0.349 e. The highest BCUT2D eigenvalue weighted by Gasteiger charge is 2.48. The topological polar surface area (TPSA) is 170 Å². The van der Waals surface area contributed by atoms with E-state index in [4.69, 9.17) is 21.1 Å². The number of carbonyl (C=O) groups excluding carboxylic acids is 3. The Morgan fingerprint density at radius 1 is 1.11 bits per heavy atom. The first-order valence-corrected chi connectivity index (χ1v) is 21.2. The number of methoxy groups -OCH3 is 1. The third kappa shape index (κ3) is 9.56. The van der Waals surface area contributed by atoms with Crippen LogP contribution in [0.2, 0.25) is 5.02 Å². The van der Waals surface area contributed by atoms with Crippen LogP contribution in [0.1, 0.15) is 80.0 Å². The van der Waals surface area contributed by atoms with E-state index in [1.165, 1.54) is 22.7 Å². The Bertz CT molecular complexity index is 1730. The van der Waals surface area contributed by atoms with Crippen molar-refractivity contribution in [1.82, 2.24) is 15.5 Å². The molecular formula is C40H53ClN4O8S2. The number of nitrogens with one attached hydrogen (secondary N) is 3. The van der Waals surface area contributed by atoms with E-state index in [-0.39, 0.29) is 42.2 Å². The number of carbonyl (C=O) groups is 3. The molecule has 15 heteroatoms. The molecule has 3 heterocycles. The number of anilines is 1. The van der Waals surface area contributed by atoms with Crippen LogP contribution in [0.25, 0.3) is 0 Å². The van der Waals surface area contributed by atoms with E-state index in [9.17, 15) is 29.7 Å². The van der Waals surface area contributed by atoms with Gasteiger partial charge in [0.05, 0.1) is 45.8 Å². The molecule has 1 aliphatic heterocycles. The van der Waals surface area contributed by atoms with E-state index in [0.717, 1.165) is 18.4 Å². The molecule has 0 spiro atoms. The summed E-state index contributed by atoms with van der Waals surface area (Å²) in [5.41, 5.74) is -1.34. The number of halogens is 1. The lowest BCUT2D eigenvalue weighted by Gasteiger charge is -2.45. The molecule has 12 nitrogen and oxygen atoms in total. The highest BCUT2D eigenvalue weighted by molar-refractivity contribution is 7.12. The molecule has 2 aliphatic carbocycles. The zero-order valence-electron chi connectivity index (χ0n) is 31.6. The van der Waals surface area contributed by atoms with Gasteiger partial charge in [-0.3, -0.25) is 9.59 Å². The van der Waals surface area contributed by atoms with Crippen molar-refractivity contribution in [3.63, 3.8) is 0 Å². The lowest BCUT2D eigenvalue weighted by molar-refractivity contribution is -0.180. The Morgan fingerprint density at radius 3 is 2.44 bits per heavy atom. The number of benzene rings is 1. The Kier molecular flexibility index (Phi) is 13.6. The third-order valence-electron chi connectivity index (χ3n) is 11.8. The molecule has 2 amide bonds. The van der Waals surface area contributed by atoms with Crippen LogP contribution < -0.4 is 20.7 Å². The van der Waals surface area contributed by atoms with Gasteiger partial charge in [0.15, 0.2) is 0 Å². The second kappa shape index (κ2) is 18.0. The molecule has 6 N–H and O–H groups in total. The minimum atomic E-state index is -1.84. The van der Waals surface area contributed by atoms with Crippen molar-refractivity contribution in [2.45, 2.75) is 107 Å². The summed E-state index contributed by atoms with van der Waals surface area (Å²) in [6.07, 6.45) is 4.11. The van der Waals surface area contributed by atoms with Gasteiger partial charge in [-0.2, -0.15) is 0 Å². The molecular weight excluding hydrogens is 764 g/mol. The number of rotatable bonds is 15. The predicted molar refractivity (Wildman–Crippen MR) is 213 cm³/mol. The molecule has 3 aromatic rings. The lowest BCUT2D eigenvalue weighted by Crippen LogP contribution is -2.58. The second-order valence-electron chi connectivity index (χ2n) is 15.5. The van der Waals surface area contributed by atoms with Gasteiger partial charge in [0, 0.05) is 50.1 Å². The van der Waals surface area contributed by atoms with Gasteiger partial charge >= 0.3 is 5.97 Å². The Hall–Kier alpha value is -3.08. The fourth-order valence-corrected chi connectivity index (χ4v) is 10.4. The molecule has 6 rings (SSSR count). The van der Waals surface area contributed by atoms with Crippen LogP contribution in [0.5, 0.6) is 5.75 Å². The van der Waals surface area contributed by atoms with Crippen LogP contribution in [-0.4, -0.2) is 95.1 Å². The molecule has 2 aromatic heterocycles. The average molecular weight is 817 g/mol. The van der Waals surface area contributed by atoms with Crippen molar-refractivity contribution in [3.8, 4) is 5.75 Å². The van der Waals surface area contributed by atoms with Crippen LogP contribution >= 0.6 is 34.3 Å². The summed E-state index contributed by atoms with van der Waals surface area (Å²) < 4.78 is 11.7. The molecule has 1 saturated heterocycles. The fraction of sp³-hybridized carbons (Fsp3) is 0.575. The zero-order valence-corrected chi connectivity index (χ0v) is 34.0. The van der Waals surface area contributed by atoms with Crippen molar-refractivity contribution in [3.05, 3.63) is 67.5 Å². The van der Waals surface area contributed by atoms with E-state index in [1.807, 2.05) is 36.9 Å². The minimum absolute atomic E-state index is 0.0301. The van der Waals surface area contributed by atoms with Crippen molar-refractivity contribution in [2.75, 3.05) is 32.6 Å². The van der Waals surface area contributed by atoms with Crippen LogP contribution in [0.4, 0.5) is 5.69 Å². The molecule has 300 valence electrons. The number of thiophene rings is 2. The number of fused-ring (bicyclic) bond motifs is 1. The number of ether oxygens (including phenoxy) is 2. The summed E-state index contributed by atoms with van der Waals surface area (Å²) in [6.45, 7) is 3.16. The number of esters is 1. The first kappa shape index (κ1) is 41.6. The molecule has 0 bridgehead atoms. The second-order valence-corrected chi connectivity index (χ2v) is 17.8. The van der Waals surface area contributed by atoms with Gasteiger partial charge < -0.3 is 45.6 Å². The van der Waals surface area contributed by atoms with Crippen LogP contribution in [0, 0.1) is 11.8 Å². The van der Waals surface area contributed by atoms with Crippen LogP contribution in [0.15, 0.2) is 47.2 Å². The maximum Gasteiger partial charge on any atom is 0.349 e. The number of hydrogen-bond acceptors (Lipinski definition) is 12. The molecule has 3 aliphatic rings. The molecule has 3 fully saturated rings. The standard InChI is InChI=1S/C40H53ClN4O8S2/c1-39(53-38(50)40(51,33-6-4-18-54-33)34-7-5-19-55-34)15-12-25(13-16-39)45(2)17-14-36(49)43-29-21-32(52-3)24(20-28(29)41)22-42-23-31(47)26-8-10-30(46)37-27(26)9-11-35(48)44-37/h4-7,18-21,25-27,30-31,37,42,46-47,51H,8-17,22-23H2,1-3H3,(H,43,49)(H,44,48)/t25?,26?,27?,30?,31-,37?,39?/m0/s1. The van der Waals surface area contributed by atoms with Gasteiger partial charge in [-0.05, 0) is 99.7 Å². The summed E-state index contributed by atoms with van der Waals surface area (Å²) in [6, 6.07) is 10.5. The number of amides is 2. The van der Waals surface area contributed by atoms with Gasteiger partial charge in [0.25, 0.3) is 0 Å². The highest BCUT2D eigenvalue weighted by atomic mass is 35.5. The predicted octanol–water partition coefficient (Wildman–Crippen LogP) is 5.03. The highest BCUT2D eigenvalue weighted by Crippen LogP contribution is 2.41. The fourth-order valence-electron chi connectivity index (χ4n) is 8.48. The number of hydrogen-bond donors (Lipinski definition) is 6. The van der Waals surface area contributed by atoms with Gasteiger partial charge in [-0.1, -0.05) is 23.7 Å². The van der Waals surface area contributed by atoms with Crippen molar-refractivity contribution >= 4 is 57.7 Å². The lowest BCUT2D eigenvalue weighted by atomic mass is 9.68. The SMILES string of the molecule is COc1cc(NC(=O)CCN(C)C2CCC(C)(OC(=O)C(O)(c3cccs3)c3cccs3)CC2)c(Cl)cc1CNC[C@H](O)C1CCC(O)C2NC(=O)CCC21. The number of nitrogens with zero attached hydrogens (tertiary/aromatic N) is 1. The normalized spacial score (nSPS) is 26.2. The van der Waals surface area contributed by atoms with Crippen molar-refractivity contribution in [2.24, 2.45) is 11.8 Å². The first-order chi connectivity index (χ1) is 26.3. The van der Waals surface area contributed by atoms with E-state index in [0.29, 0.717) is 84.4 Å². The van der Waals surface area contributed by atoms with Gasteiger partial charge in [-0.25, -0.2) is 4.79 Å². The largest absolute Gasteiger partial charge is 0.496 e. The van der Waals surface area contributed by atoms with Crippen LogP contribution in [-0.2, 0) is 31.3 Å². The van der Waals surface area contributed by atoms with Crippen molar-refractivity contribution < 1.29 is 39.2 Å². The number of piperidine rings is 1. The Balaban J connectivity index is 0.955. The van der Waals surface area contributed by atoms with Crippen LogP contribution in [0.3, 0.4) is 0 Å². The molecule has 2 saturated carbocycles. The van der Waals surface area contributed by atoms with E-state index in [2.05, 4.69) is 20.9 Å². The van der Waals surface area contributed by atoms with E-state index < -0.39 is 29.4 Å². The molecule has 5 atom stereocenters. The quantitative estimate of drug-likeness (QED) is 0.115. The summed E-state index contributed by atoms with van der Waals surface area (Å²) in [5.74, 6) is -0.351. The summed E-state index contributed by atoms with van der Waals surface area (Å²) in [5, 5.41) is 46.4. The summed E-state index contributed by atoms with van der Waals surface area (Å²) >= 11 is 9.28. The third-order valence-corrected chi connectivity index (χ3v) is 14.0. The van der Waals surface area contributed by atoms with Gasteiger partial charge in [0.1, 0.15) is 11.4 Å². The van der Waals surface area contributed by atoms with Gasteiger partial charge in [0.2, 0.25) is 17.4 Å².